The fourth-order valence-electron chi connectivity index (χ4n) is 4.91. The van der Waals surface area contributed by atoms with Crippen LogP contribution in [-0.4, -0.2) is 80.5 Å². The Morgan fingerprint density at radius 3 is 2.30 bits per heavy atom. The molecule has 0 aliphatic carbocycles. The summed E-state index contributed by atoms with van der Waals surface area (Å²) >= 11 is 1.52. The molecule has 0 bridgehead atoms. The van der Waals surface area contributed by atoms with E-state index in [4.69, 9.17) is 0 Å². The number of carbonyl (C=O) groups is 2. The molecule has 1 N–H and O–H groups in total. The zero-order chi connectivity index (χ0) is 26.8. The van der Waals surface area contributed by atoms with E-state index < -0.39 is 9.84 Å². The highest BCUT2D eigenvalue weighted by Crippen LogP contribution is 2.22. The van der Waals surface area contributed by atoms with Gasteiger partial charge in [0.15, 0.2) is 9.84 Å². The van der Waals surface area contributed by atoms with Gasteiger partial charge in [0, 0.05) is 38.5 Å². The van der Waals surface area contributed by atoms with E-state index >= 15 is 0 Å². The van der Waals surface area contributed by atoms with E-state index in [0.29, 0.717) is 12.3 Å². The number of nitrogens with zero attached hydrogens (tertiary/aromatic N) is 2. The van der Waals surface area contributed by atoms with Crippen LogP contribution in [0.2, 0.25) is 0 Å². The smallest absolute Gasteiger partial charge is 0.230 e. The van der Waals surface area contributed by atoms with E-state index in [1.54, 1.807) is 24.3 Å². The molecule has 1 unspecified atom stereocenters. The number of likely N-dealkylation sites (N-methyl/N-ethyl adjacent to an activating group) is 1. The molecule has 0 saturated carbocycles. The molecule has 1 fully saturated rings. The zero-order valence-electron chi connectivity index (χ0n) is 22.1. The van der Waals surface area contributed by atoms with Crippen molar-refractivity contribution in [2.24, 2.45) is 0 Å². The molecule has 0 aromatic heterocycles. The van der Waals surface area contributed by atoms with Gasteiger partial charge in [-0.15, -0.1) is 0 Å². The molecule has 1 saturated heterocycles. The second-order valence-corrected chi connectivity index (χ2v) is 12.5. The molecule has 1 heterocycles. The van der Waals surface area contributed by atoms with Gasteiger partial charge in [-0.3, -0.25) is 9.59 Å². The maximum Gasteiger partial charge on any atom is 0.230 e. The number of carbonyl (C=O) groups excluding carboxylic acids is 2. The Labute approximate surface area is 225 Å². The predicted octanol–water partition coefficient (Wildman–Crippen LogP) is 3.56. The van der Waals surface area contributed by atoms with Gasteiger partial charge in [0.2, 0.25) is 11.8 Å². The van der Waals surface area contributed by atoms with Crippen molar-refractivity contribution in [2.45, 2.75) is 49.6 Å². The van der Waals surface area contributed by atoms with Crippen LogP contribution in [0.25, 0.3) is 0 Å². The molecule has 1 aliphatic rings. The number of hydrogen-bond acceptors (Lipinski definition) is 6. The van der Waals surface area contributed by atoms with E-state index in [1.165, 1.54) is 18.0 Å². The molecule has 2 aromatic rings. The average Bonchev–Trinajstić information content (AvgIpc) is 2.88. The fraction of sp³-hybridized carbons (Fsp3) is 0.500. The van der Waals surface area contributed by atoms with Crippen LogP contribution in [0.3, 0.4) is 0 Å². The summed E-state index contributed by atoms with van der Waals surface area (Å²) in [5.41, 5.74) is 1.95. The monoisotopic (exact) mass is 545 g/mol. The highest BCUT2D eigenvalue weighted by Gasteiger charge is 2.27. The van der Waals surface area contributed by atoms with Crippen LogP contribution < -0.4 is 5.32 Å². The number of benzene rings is 2. The fourth-order valence-corrected chi connectivity index (χ4v) is 5.89. The topological polar surface area (TPSA) is 86.8 Å². The number of nitrogens with one attached hydrogen (secondary N) is 1. The summed E-state index contributed by atoms with van der Waals surface area (Å²) in [6.07, 6.45) is 6.06. The minimum absolute atomic E-state index is 0.0126. The highest BCUT2D eigenvalue weighted by molar-refractivity contribution is 7.99. The lowest BCUT2D eigenvalue weighted by Gasteiger charge is -2.38. The van der Waals surface area contributed by atoms with E-state index in [2.05, 4.69) is 22.3 Å². The lowest BCUT2D eigenvalue weighted by molar-refractivity contribution is -0.133. The summed E-state index contributed by atoms with van der Waals surface area (Å²) in [6.45, 7) is 5.38. The predicted molar refractivity (Wildman–Crippen MR) is 150 cm³/mol. The van der Waals surface area contributed by atoms with Crippen molar-refractivity contribution in [1.29, 1.82) is 0 Å². The SMILES string of the molecule is CCN(C(=O)Cc1ccc(S(C)(=O)=O)cc1)C1CCN(CCC(NC(=O)CSC)c2ccccc2)CC1. The van der Waals surface area contributed by atoms with Gasteiger partial charge in [-0.25, -0.2) is 8.42 Å². The largest absolute Gasteiger partial charge is 0.349 e. The van der Waals surface area contributed by atoms with Crippen LogP contribution in [0.1, 0.15) is 43.4 Å². The third-order valence-electron chi connectivity index (χ3n) is 6.91. The molecule has 2 amide bonds. The summed E-state index contributed by atoms with van der Waals surface area (Å²) in [5, 5.41) is 3.19. The van der Waals surface area contributed by atoms with Crippen molar-refractivity contribution in [2.75, 3.05) is 44.4 Å². The Morgan fingerprint density at radius 2 is 1.73 bits per heavy atom. The maximum atomic E-state index is 13.1. The molecule has 0 radical (unpaired) electrons. The quantitative estimate of drug-likeness (QED) is 0.439. The lowest BCUT2D eigenvalue weighted by atomic mass is 9.99. The maximum absolute atomic E-state index is 13.1. The number of hydrogen-bond donors (Lipinski definition) is 1. The van der Waals surface area contributed by atoms with Crippen molar-refractivity contribution in [3.8, 4) is 0 Å². The molecular weight excluding hydrogens is 506 g/mol. The molecule has 0 spiro atoms. The Balaban J connectivity index is 1.52. The summed E-state index contributed by atoms with van der Waals surface area (Å²) < 4.78 is 23.4. The van der Waals surface area contributed by atoms with Crippen LogP contribution >= 0.6 is 11.8 Å². The standard InChI is InChI=1S/C28H39N3O4S2/c1-4-31(28(33)20-22-10-12-25(13-11-22)37(3,34)35)24-14-17-30(18-15-24)19-16-26(29-27(32)21-36-2)23-8-6-5-7-9-23/h5-13,24,26H,4,14-21H2,1-3H3,(H,29,32). The third-order valence-corrected chi connectivity index (χ3v) is 8.59. The zero-order valence-corrected chi connectivity index (χ0v) is 23.7. The summed E-state index contributed by atoms with van der Waals surface area (Å²) in [6, 6.07) is 16.9. The number of rotatable bonds is 12. The molecule has 7 nitrogen and oxygen atoms in total. The summed E-state index contributed by atoms with van der Waals surface area (Å²) in [4.78, 5) is 30.0. The van der Waals surface area contributed by atoms with Crippen molar-refractivity contribution >= 4 is 33.4 Å². The molecular formula is C28H39N3O4S2. The number of piperidine rings is 1. The van der Waals surface area contributed by atoms with Crippen LogP contribution in [0.4, 0.5) is 0 Å². The molecule has 202 valence electrons. The number of likely N-dealkylation sites (tertiary alicyclic amines) is 1. The minimum Gasteiger partial charge on any atom is -0.349 e. The van der Waals surface area contributed by atoms with Crippen LogP contribution in [0.5, 0.6) is 0 Å². The Bertz CT molecular complexity index is 1120. The second-order valence-electron chi connectivity index (χ2n) is 9.60. The highest BCUT2D eigenvalue weighted by atomic mass is 32.2. The first-order valence-corrected chi connectivity index (χ1v) is 16.1. The first-order chi connectivity index (χ1) is 17.7. The number of amides is 2. The normalized spacial score (nSPS) is 15.8. The molecule has 1 atom stereocenters. The van der Waals surface area contributed by atoms with Crippen molar-refractivity contribution < 1.29 is 18.0 Å². The first kappa shape index (κ1) is 29.2. The molecule has 9 heteroatoms. The van der Waals surface area contributed by atoms with Gasteiger partial charge in [-0.2, -0.15) is 11.8 Å². The molecule has 1 aliphatic heterocycles. The average molecular weight is 546 g/mol. The minimum atomic E-state index is -3.25. The third kappa shape index (κ3) is 8.86. The van der Waals surface area contributed by atoms with E-state index in [0.717, 1.165) is 50.0 Å². The Kier molecular flexibility index (Phi) is 11.0. The number of thioether (sulfide) groups is 1. The Hall–Kier alpha value is -2.36. The van der Waals surface area contributed by atoms with Gasteiger partial charge in [0.1, 0.15) is 0 Å². The van der Waals surface area contributed by atoms with Crippen molar-refractivity contribution in [3.63, 3.8) is 0 Å². The van der Waals surface area contributed by atoms with Gasteiger partial charge in [-0.05, 0) is 55.7 Å². The summed E-state index contributed by atoms with van der Waals surface area (Å²) in [7, 11) is -3.25. The Morgan fingerprint density at radius 1 is 1.08 bits per heavy atom. The van der Waals surface area contributed by atoms with E-state index in [9.17, 15) is 18.0 Å². The van der Waals surface area contributed by atoms with Gasteiger partial charge < -0.3 is 15.1 Å². The van der Waals surface area contributed by atoms with Crippen LogP contribution in [0, 0.1) is 0 Å². The van der Waals surface area contributed by atoms with Crippen molar-refractivity contribution in [1.82, 2.24) is 15.1 Å². The van der Waals surface area contributed by atoms with Crippen LogP contribution in [0.15, 0.2) is 59.5 Å². The van der Waals surface area contributed by atoms with E-state index in [1.807, 2.05) is 36.3 Å². The first-order valence-electron chi connectivity index (χ1n) is 12.8. The second kappa shape index (κ2) is 14.0. The lowest BCUT2D eigenvalue weighted by Crippen LogP contribution is -2.48. The van der Waals surface area contributed by atoms with Crippen molar-refractivity contribution in [3.05, 3.63) is 65.7 Å². The van der Waals surface area contributed by atoms with Crippen LogP contribution in [-0.2, 0) is 25.8 Å². The van der Waals surface area contributed by atoms with Gasteiger partial charge in [0.05, 0.1) is 23.1 Å². The molecule has 37 heavy (non-hydrogen) atoms. The number of sulfone groups is 1. The van der Waals surface area contributed by atoms with Gasteiger partial charge >= 0.3 is 0 Å². The van der Waals surface area contributed by atoms with Gasteiger partial charge in [-0.1, -0.05) is 42.5 Å². The van der Waals surface area contributed by atoms with E-state index in [-0.39, 0.29) is 35.2 Å². The van der Waals surface area contributed by atoms with Gasteiger partial charge in [0.25, 0.3) is 0 Å². The summed E-state index contributed by atoms with van der Waals surface area (Å²) in [5.74, 6) is 0.592. The molecule has 2 aromatic carbocycles. The molecule has 3 rings (SSSR count).